The lowest BCUT2D eigenvalue weighted by atomic mass is 10.1. The van der Waals surface area contributed by atoms with Gasteiger partial charge < -0.3 is 15.2 Å². The first-order valence-corrected chi connectivity index (χ1v) is 4.96. The molecule has 0 amide bonds. The van der Waals surface area contributed by atoms with E-state index in [0.29, 0.717) is 6.61 Å². The van der Waals surface area contributed by atoms with Crippen molar-refractivity contribution in [2.75, 3.05) is 13.2 Å². The molecule has 0 fully saturated rings. The van der Waals surface area contributed by atoms with Gasteiger partial charge in [0.05, 0.1) is 12.6 Å². The molecule has 2 rings (SSSR count). The molecule has 0 saturated heterocycles. The van der Waals surface area contributed by atoms with Crippen LogP contribution in [0.1, 0.15) is 24.9 Å². The van der Waals surface area contributed by atoms with Crippen molar-refractivity contribution in [2.24, 2.45) is 5.73 Å². The second-order valence-electron chi connectivity index (χ2n) is 3.47. The number of rotatable bonds is 3. The second kappa shape index (κ2) is 3.88. The Labute approximate surface area is 83.8 Å². The van der Waals surface area contributed by atoms with Crippen LogP contribution in [0.5, 0.6) is 11.5 Å². The van der Waals surface area contributed by atoms with Crippen molar-refractivity contribution in [1.82, 2.24) is 0 Å². The Balaban J connectivity index is 2.17. The topological polar surface area (TPSA) is 44.5 Å². The average molecular weight is 193 g/mol. The van der Waals surface area contributed by atoms with Crippen LogP contribution in [-0.2, 0) is 0 Å². The van der Waals surface area contributed by atoms with Gasteiger partial charge in [0.15, 0.2) is 0 Å². The van der Waals surface area contributed by atoms with Crippen molar-refractivity contribution < 1.29 is 9.47 Å². The van der Waals surface area contributed by atoms with Crippen LogP contribution in [-0.4, -0.2) is 13.2 Å². The molecule has 0 radical (unpaired) electrons. The Morgan fingerprint density at radius 2 is 2.43 bits per heavy atom. The summed E-state index contributed by atoms with van der Waals surface area (Å²) in [7, 11) is 0. The molecule has 1 aromatic carbocycles. The first-order chi connectivity index (χ1) is 6.81. The largest absolute Gasteiger partial charge is 0.494 e. The van der Waals surface area contributed by atoms with E-state index in [4.69, 9.17) is 15.2 Å². The molecule has 0 spiro atoms. The van der Waals surface area contributed by atoms with Crippen molar-refractivity contribution in [1.29, 1.82) is 0 Å². The molecule has 1 atom stereocenters. The maximum Gasteiger partial charge on any atom is 0.124 e. The Kier molecular flexibility index (Phi) is 2.59. The van der Waals surface area contributed by atoms with Crippen LogP contribution >= 0.6 is 0 Å². The summed E-state index contributed by atoms with van der Waals surface area (Å²) in [5, 5.41) is 0. The van der Waals surface area contributed by atoms with Crippen LogP contribution in [0.4, 0.5) is 0 Å². The SMILES string of the molecule is CCCOc1ccc2c(c1)C(N)CO2. The number of hydrogen-bond acceptors (Lipinski definition) is 3. The summed E-state index contributed by atoms with van der Waals surface area (Å²) in [4.78, 5) is 0. The van der Waals surface area contributed by atoms with Crippen molar-refractivity contribution >= 4 is 0 Å². The van der Waals surface area contributed by atoms with Gasteiger partial charge in [0.25, 0.3) is 0 Å². The highest BCUT2D eigenvalue weighted by Gasteiger charge is 2.20. The Morgan fingerprint density at radius 1 is 1.57 bits per heavy atom. The third-order valence-corrected chi connectivity index (χ3v) is 2.27. The molecule has 0 bridgehead atoms. The number of ether oxygens (including phenoxy) is 2. The fourth-order valence-corrected chi connectivity index (χ4v) is 1.53. The van der Waals surface area contributed by atoms with Gasteiger partial charge in [-0.2, -0.15) is 0 Å². The predicted octanol–water partition coefficient (Wildman–Crippen LogP) is 1.87. The minimum absolute atomic E-state index is 0.00447. The fraction of sp³-hybridized carbons (Fsp3) is 0.455. The molecule has 1 aromatic rings. The molecule has 1 aliphatic heterocycles. The van der Waals surface area contributed by atoms with Gasteiger partial charge in [-0.25, -0.2) is 0 Å². The molecule has 0 saturated carbocycles. The summed E-state index contributed by atoms with van der Waals surface area (Å²) in [6, 6.07) is 5.82. The highest BCUT2D eigenvalue weighted by atomic mass is 16.5. The van der Waals surface area contributed by atoms with Crippen LogP contribution in [0, 0.1) is 0 Å². The van der Waals surface area contributed by atoms with E-state index in [1.807, 2.05) is 18.2 Å². The summed E-state index contributed by atoms with van der Waals surface area (Å²) in [5.74, 6) is 1.77. The van der Waals surface area contributed by atoms with Gasteiger partial charge >= 0.3 is 0 Å². The zero-order chi connectivity index (χ0) is 9.97. The third-order valence-electron chi connectivity index (χ3n) is 2.27. The van der Waals surface area contributed by atoms with E-state index in [-0.39, 0.29) is 6.04 Å². The van der Waals surface area contributed by atoms with E-state index < -0.39 is 0 Å². The van der Waals surface area contributed by atoms with E-state index in [2.05, 4.69) is 6.92 Å². The van der Waals surface area contributed by atoms with Gasteiger partial charge in [0, 0.05) is 5.56 Å². The normalized spacial score (nSPS) is 18.9. The van der Waals surface area contributed by atoms with Gasteiger partial charge in [-0.3, -0.25) is 0 Å². The summed E-state index contributed by atoms with van der Waals surface area (Å²) < 4.78 is 10.9. The van der Waals surface area contributed by atoms with Crippen LogP contribution in [0.2, 0.25) is 0 Å². The van der Waals surface area contributed by atoms with Crippen molar-refractivity contribution in [3.8, 4) is 11.5 Å². The molecule has 0 aliphatic carbocycles. The lowest BCUT2D eigenvalue weighted by Crippen LogP contribution is -2.10. The zero-order valence-corrected chi connectivity index (χ0v) is 8.32. The van der Waals surface area contributed by atoms with E-state index in [1.165, 1.54) is 0 Å². The van der Waals surface area contributed by atoms with Gasteiger partial charge in [-0.15, -0.1) is 0 Å². The highest BCUT2D eigenvalue weighted by molar-refractivity contribution is 5.44. The quantitative estimate of drug-likeness (QED) is 0.797. The zero-order valence-electron chi connectivity index (χ0n) is 8.32. The molecule has 0 aromatic heterocycles. The molecular formula is C11H15NO2. The molecule has 2 N–H and O–H groups in total. The predicted molar refractivity (Wildman–Crippen MR) is 54.7 cm³/mol. The highest BCUT2D eigenvalue weighted by Crippen LogP contribution is 2.33. The molecule has 3 heteroatoms. The van der Waals surface area contributed by atoms with E-state index in [1.54, 1.807) is 0 Å². The van der Waals surface area contributed by atoms with Crippen molar-refractivity contribution in [2.45, 2.75) is 19.4 Å². The van der Waals surface area contributed by atoms with Crippen LogP contribution in [0.15, 0.2) is 18.2 Å². The lowest BCUT2D eigenvalue weighted by Gasteiger charge is -2.06. The summed E-state index contributed by atoms with van der Waals surface area (Å²) in [5.41, 5.74) is 6.92. The minimum atomic E-state index is -0.00447. The van der Waals surface area contributed by atoms with Crippen molar-refractivity contribution in [3.05, 3.63) is 23.8 Å². The van der Waals surface area contributed by atoms with E-state index in [0.717, 1.165) is 30.1 Å². The molecule has 1 aliphatic rings. The first-order valence-electron chi connectivity index (χ1n) is 4.96. The van der Waals surface area contributed by atoms with Crippen molar-refractivity contribution in [3.63, 3.8) is 0 Å². The number of nitrogens with two attached hydrogens (primary N) is 1. The van der Waals surface area contributed by atoms with Gasteiger partial charge in [-0.05, 0) is 24.6 Å². The smallest absolute Gasteiger partial charge is 0.124 e. The van der Waals surface area contributed by atoms with Crippen LogP contribution < -0.4 is 15.2 Å². The number of hydrogen-bond donors (Lipinski definition) is 1. The second-order valence-corrected chi connectivity index (χ2v) is 3.47. The summed E-state index contributed by atoms with van der Waals surface area (Å²) >= 11 is 0. The molecule has 1 unspecified atom stereocenters. The van der Waals surface area contributed by atoms with E-state index >= 15 is 0 Å². The summed E-state index contributed by atoms with van der Waals surface area (Å²) in [6.07, 6.45) is 1.01. The van der Waals surface area contributed by atoms with Gasteiger partial charge in [0.1, 0.15) is 18.1 Å². The Bertz CT molecular complexity index is 325. The monoisotopic (exact) mass is 193 g/mol. The number of fused-ring (bicyclic) bond motifs is 1. The van der Waals surface area contributed by atoms with Crippen LogP contribution in [0.3, 0.4) is 0 Å². The summed E-state index contributed by atoms with van der Waals surface area (Å²) in [6.45, 7) is 3.41. The standard InChI is InChI=1S/C11H15NO2/c1-2-5-13-8-3-4-11-9(6-8)10(12)7-14-11/h3-4,6,10H,2,5,7,12H2,1H3. The number of benzene rings is 1. The fourth-order valence-electron chi connectivity index (χ4n) is 1.53. The van der Waals surface area contributed by atoms with Gasteiger partial charge in [-0.1, -0.05) is 6.92 Å². The van der Waals surface area contributed by atoms with E-state index in [9.17, 15) is 0 Å². The molecule has 3 nitrogen and oxygen atoms in total. The maximum atomic E-state index is 5.86. The third kappa shape index (κ3) is 1.68. The average Bonchev–Trinajstić information content (AvgIpc) is 2.57. The lowest BCUT2D eigenvalue weighted by molar-refractivity contribution is 0.316. The molecule has 14 heavy (non-hydrogen) atoms. The van der Waals surface area contributed by atoms with Gasteiger partial charge in [0.2, 0.25) is 0 Å². The first kappa shape index (κ1) is 9.34. The minimum Gasteiger partial charge on any atom is -0.494 e. The molecule has 1 heterocycles. The maximum absolute atomic E-state index is 5.86. The molecular weight excluding hydrogens is 178 g/mol. The Morgan fingerprint density at radius 3 is 3.21 bits per heavy atom. The molecule has 76 valence electrons. The Hall–Kier alpha value is -1.22. The van der Waals surface area contributed by atoms with Crippen LogP contribution in [0.25, 0.3) is 0 Å².